The van der Waals surface area contributed by atoms with E-state index in [2.05, 4.69) is 31.2 Å². The number of H-pyrrole nitrogens is 1. The average molecular weight is 1240 g/mol. The van der Waals surface area contributed by atoms with E-state index in [-0.39, 0.29) is 95.2 Å². The van der Waals surface area contributed by atoms with Crippen LogP contribution in [-0.4, -0.2) is 153 Å². The Morgan fingerprint density at radius 3 is 1.96 bits per heavy atom. The minimum Gasteiger partial charge on any atom is -0.508 e. The van der Waals surface area contributed by atoms with Crippen molar-refractivity contribution in [2.24, 2.45) is 57.7 Å². The molecule has 3 aromatic carbocycles. The predicted octanol–water partition coefficient (Wildman–Crippen LogP) is 2.58. The molecule has 484 valence electrons. The molecule has 1 aliphatic heterocycles. The van der Waals surface area contributed by atoms with Crippen molar-refractivity contribution in [2.45, 2.75) is 149 Å². The third kappa shape index (κ3) is 23.1. The van der Waals surface area contributed by atoms with Crippen LogP contribution in [0.25, 0.3) is 10.9 Å². The molecule has 1 fully saturated rings. The van der Waals surface area contributed by atoms with Crippen molar-refractivity contribution in [3.8, 4) is 5.75 Å². The smallest absolute Gasteiger partial charge is 0.227 e. The molecular formula is C65H90N10O14. The van der Waals surface area contributed by atoms with E-state index in [4.69, 9.17) is 17.2 Å². The third-order valence-corrected chi connectivity index (χ3v) is 15.7. The number of benzene rings is 3. The van der Waals surface area contributed by atoms with Gasteiger partial charge in [0.1, 0.15) is 17.6 Å². The molecule has 0 aliphatic carbocycles. The van der Waals surface area contributed by atoms with Gasteiger partial charge in [0.05, 0.1) is 36.8 Å². The monoisotopic (exact) mass is 1230 g/mol. The van der Waals surface area contributed by atoms with Gasteiger partial charge < -0.3 is 68.5 Å². The number of β-amino-alcohol motifs (C(OH)–C–C–N with tert-alkyl or cyclic N) is 1. The van der Waals surface area contributed by atoms with Gasteiger partial charge in [0.25, 0.3) is 0 Å². The maximum Gasteiger partial charge on any atom is 0.227 e. The average Bonchev–Trinajstić information content (AvgIpc) is 1.94. The van der Waals surface area contributed by atoms with Crippen LogP contribution in [0.4, 0.5) is 0 Å². The van der Waals surface area contributed by atoms with Crippen LogP contribution < -0.4 is 38.5 Å². The van der Waals surface area contributed by atoms with Crippen molar-refractivity contribution in [2.75, 3.05) is 26.7 Å². The Morgan fingerprint density at radius 2 is 1.33 bits per heavy atom. The first-order valence-electron chi connectivity index (χ1n) is 29.8. The number of Topliss-reactive ketones (excluding diaryl/α,β-unsaturated/α-hetero) is 5. The standard InChI is InChI=1S/C64H86N10O14.CH4/c1-36(2)22-42(61(86)72-52(16-11-21-69-64(67)68-5)54(80)28-41(59(66)84)26-46-33-70-51-15-10-9-14-50(46)51)27-48(78)34-71-60(85)43(24-39-12-7-6-8-13-39)30-56(82)58(38(4)76)73-62(87)44(31-57(65)83)29-55(81)53-32-49(79)35-74(53)63(88)45(23-37(3)75)25-40-17-19-47(77)20-18-40;/h6-10,12-15,17-20,33,36,38,41-45,49,52-53,58,70,76-77,79H,11,16,21-32,34-35H2,1-5H3,(H2,65,83)(H2,66,84)(H,71,85)(H,72,86)(H,73,87)(H3,67,68,69);1H4/t38-,41-,42-,43-,44+,45-,49-,52+,53+,58+;/m1./s1. The molecule has 10 atom stereocenters. The zero-order chi connectivity index (χ0) is 64.8. The van der Waals surface area contributed by atoms with Crippen LogP contribution in [0.2, 0.25) is 0 Å². The van der Waals surface area contributed by atoms with Crippen LogP contribution in [-0.2, 0) is 72.0 Å². The normalized spacial score (nSPS) is 16.7. The summed E-state index contributed by atoms with van der Waals surface area (Å²) in [6.07, 6.45) is -3.16. The topological polar surface area (TPSA) is 406 Å². The lowest BCUT2D eigenvalue weighted by Crippen LogP contribution is -2.52. The summed E-state index contributed by atoms with van der Waals surface area (Å²) in [6.45, 7) is 5.69. The van der Waals surface area contributed by atoms with Crippen LogP contribution in [0.3, 0.4) is 0 Å². The largest absolute Gasteiger partial charge is 0.508 e. The first-order chi connectivity index (χ1) is 41.7. The number of aromatic amines is 1. The van der Waals surface area contributed by atoms with Gasteiger partial charge in [-0.15, -0.1) is 0 Å². The number of phenolic OH excluding ortho intramolecular Hbond substituents is 1. The summed E-state index contributed by atoms with van der Waals surface area (Å²) >= 11 is 0. The van der Waals surface area contributed by atoms with Crippen molar-refractivity contribution in [1.82, 2.24) is 31.2 Å². The zero-order valence-electron chi connectivity index (χ0n) is 50.7. The number of carbonyl (C=O) groups is 11. The molecule has 14 N–H and O–H groups in total. The van der Waals surface area contributed by atoms with E-state index in [0.29, 0.717) is 24.1 Å². The lowest BCUT2D eigenvalue weighted by Gasteiger charge is -2.29. The maximum atomic E-state index is 14.3. The molecule has 0 radical (unpaired) electrons. The predicted molar refractivity (Wildman–Crippen MR) is 334 cm³/mol. The van der Waals surface area contributed by atoms with Gasteiger partial charge in [-0.25, -0.2) is 0 Å². The fourth-order valence-corrected chi connectivity index (χ4v) is 11.2. The van der Waals surface area contributed by atoms with E-state index in [1.807, 2.05) is 38.1 Å². The minimum absolute atomic E-state index is 0. The Kier molecular flexibility index (Phi) is 29.0. The first-order valence-corrected chi connectivity index (χ1v) is 29.8. The number of carbonyl (C=O) groups excluding carboxylic acids is 11. The fourth-order valence-electron chi connectivity index (χ4n) is 11.2. The van der Waals surface area contributed by atoms with Crippen LogP contribution in [0.5, 0.6) is 5.75 Å². The van der Waals surface area contributed by atoms with Crippen molar-refractivity contribution in [3.63, 3.8) is 0 Å². The summed E-state index contributed by atoms with van der Waals surface area (Å²) in [5.74, 6) is -13.1. The number of primary amides is 2. The highest BCUT2D eigenvalue weighted by molar-refractivity contribution is 5.99. The first kappa shape index (κ1) is 72.8. The van der Waals surface area contributed by atoms with E-state index < -0.39 is 144 Å². The quantitative estimate of drug-likeness (QED) is 0.0176. The summed E-state index contributed by atoms with van der Waals surface area (Å²) in [6, 6.07) is 18.0. The van der Waals surface area contributed by atoms with Gasteiger partial charge in [0.15, 0.2) is 29.1 Å². The SMILES string of the molecule is C.CN=C(N)NCCC[C@H](NC(=O)[C@@H](CC(=O)CNC(=O)[C@@H](CC(=O)[C@@H](NC(=O)[C@H](CC(N)=O)CC(=O)[C@@H]1C[C@@H](O)CN1C(=O)[C@H](CC(C)=O)Cc1ccc(O)cc1)[C@@H](C)O)Cc1ccccc1)CC(C)C)C(=O)C[C@@H](Cc1c[nH]c2ccccc12)C(N)=O. The molecule has 0 bridgehead atoms. The number of amides is 6. The number of para-hydroxylation sites is 1. The highest BCUT2D eigenvalue weighted by Gasteiger charge is 2.43. The Labute approximate surface area is 519 Å². The van der Waals surface area contributed by atoms with E-state index in [1.54, 1.807) is 48.7 Å². The molecule has 6 amide bonds. The lowest BCUT2D eigenvalue weighted by molar-refractivity contribution is -0.143. The molecular weight excluding hydrogens is 1140 g/mol. The third-order valence-electron chi connectivity index (χ3n) is 15.7. The number of aliphatic hydroxyl groups is 2. The Bertz CT molecular complexity index is 3130. The maximum absolute atomic E-state index is 14.3. The number of hydrogen-bond donors (Lipinski definition) is 11. The summed E-state index contributed by atoms with van der Waals surface area (Å²) in [4.78, 5) is 159. The lowest BCUT2D eigenvalue weighted by atomic mass is 9.88. The fraction of sp³-hybridized carbons (Fsp3) is 0.508. The number of aromatic hydroxyl groups is 1. The van der Waals surface area contributed by atoms with Crippen LogP contribution in [0, 0.1) is 35.5 Å². The highest BCUT2D eigenvalue weighted by Crippen LogP contribution is 2.29. The number of nitrogens with two attached hydrogens (primary N) is 3. The van der Waals surface area contributed by atoms with Crippen LogP contribution in [0.15, 0.2) is 90.1 Å². The number of guanidine groups is 1. The van der Waals surface area contributed by atoms with Gasteiger partial charge in [0, 0.05) is 106 Å². The number of ketones is 5. The van der Waals surface area contributed by atoms with E-state index >= 15 is 0 Å². The molecule has 4 aromatic rings. The summed E-state index contributed by atoms with van der Waals surface area (Å²) in [5, 5.41) is 43.2. The van der Waals surface area contributed by atoms with E-state index in [1.165, 1.54) is 33.0 Å². The van der Waals surface area contributed by atoms with Gasteiger partial charge in [-0.2, -0.15) is 0 Å². The second kappa shape index (κ2) is 35.4. The number of aliphatic hydroxyl groups excluding tert-OH is 2. The number of aliphatic imine (C=N–C) groups is 1. The van der Waals surface area contributed by atoms with Crippen molar-refractivity contribution >= 4 is 81.2 Å². The molecule has 0 saturated carbocycles. The Morgan fingerprint density at radius 1 is 0.697 bits per heavy atom. The van der Waals surface area contributed by atoms with Crippen LogP contribution >= 0.6 is 0 Å². The molecule has 5 rings (SSSR count). The molecule has 89 heavy (non-hydrogen) atoms. The number of nitrogens with one attached hydrogen (secondary N) is 5. The van der Waals surface area contributed by atoms with Gasteiger partial charge in [-0.05, 0) is 93.2 Å². The molecule has 1 saturated heterocycles. The number of nitrogens with zero attached hydrogens (tertiary/aromatic N) is 2. The summed E-state index contributed by atoms with van der Waals surface area (Å²) in [7, 11) is 1.50. The molecule has 0 spiro atoms. The zero-order valence-corrected chi connectivity index (χ0v) is 50.7. The number of aromatic nitrogens is 1. The molecule has 24 heteroatoms. The number of phenols is 1. The Balaban J connectivity index is 0.0000169. The molecule has 2 heterocycles. The van der Waals surface area contributed by atoms with Gasteiger partial charge >= 0.3 is 0 Å². The van der Waals surface area contributed by atoms with Gasteiger partial charge in [0.2, 0.25) is 35.4 Å². The number of rotatable bonds is 37. The highest BCUT2D eigenvalue weighted by atomic mass is 16.3. The van der Waals surface area contributed by atoms with Gasteiger partial charge in [-0.3, -0.25) is 52.9 Å². The van der Waals surface area contributed by atoms with Gasteiger partial charge in [-0.1, -0.05) is 81.9 Å². The Hall–Kier alpha value is -8.64. The van der Waals surface area contributed by atoms with Crippen molar-refractivity contribution in [1.29, 1.82) is 0 Å². The van der Waals surface area contributed by atoms with Crippen molar-refractivity contribution in [3.05, 3.63) is 102 Å². The second-order valence-electron chi connectivity index (χ2n) is 23.6. The minimum atomic E-state index is -1.70. The molecule has 1 aliphatic rings. The van der Waals surface area contributed by atoms with Crippen molar-refractivity contribution < 1.29 is 68.1 Å². The number of hydrogen-bond acceptors (Lipinski definition) is 15. The summed E-state index contributed by atoms with van der Waals surface area (Å²) < 4.78 is 0. The molecule has 0 unspecified atom stereocenters. The number of fused-ring (bicyclic) bond motifs is 1. The molecule has 24 nitrogen and oxygen atoms in total. The van der Waals surface area contributed by atoms with E-state index in [0.717, 1.165) is 21.4 Å². The van der Waals surface area contributed by atoms with Crippen LogP contribution in [0.1, 0.15) is 116 Å². The molecule has 1 aromatic heterocycles. The van der Waals surface area contributed by atoms with E-state index in [9.17, 15) is 68.1 Å². The summed E-state index contributed by atoms with van der Waals surface area (Å²) in [5.41, 5.74) is 20.1. The number of likely N-dealkylation sites (tertiary alicyclic amines) is 1. The second-order valence-corrected chi connectivity index (χ2v) is 23.6.